The molecule has 1 heterocycles. The molecule has 4 rings (SSSR count). The third-order valence-corrected chi connectivity index (χ3v) is 4.74. The van der Waals surface area contributed by atoms with E-state index in [9.17, 15) is 9.59 Å². The summed E-state index contributed by atoms with van der Waals surface area (Å²) in [6.45, 7) is 3.48. The summed E-state index contributed by atoms with van der Waals surface area (Å²) in [4.78, 5) is 29.1. The minimum Gasteiger partial charge on any atom is -0.326 e. The lowest BCUT2D eigenvalue weighted by molar-refractivity contribution is -0.114. The number of hydrogen-bond acceptors (Lipinski definition) is 3. The van der Waals surface area contributed by atoms with Gasteiger partial charge in [0.15, 0.2) is 0 Å². The number of nitrogens with zero attached hydrogens (tertiary/aromatic N) is 1. The molecule has 0 saturated heterocycles. The number of hydrogen-bond donors (Lipinski definition) is 2. The van der Waals surface area contributed by atoms with Crippen molar-refractivity contribution < 1.29 is 9.59 Å². The molecule has 3 aromatic carbocycles. The van der Waals surface area contributed by atoms with Gasteiger partial charge in [0, 0.05) is 29.2 Å². The van der Waals surface area contributed by atoms with Gasteiger partial charge in [0.25, 0.3) is 5.91 Å². The van der Waals surface area contributed by atoms with Gasteiger partial charge < -0.3 is 10.6 Å². The molecule has 0 aliphatic rings. The summed E-state index contributed by atoms with van der Waals surface area (Å²) in [7, 11) is 0. The zero-order valence-corrected chi connectivity index (χ0v) is 16.8. The molecule has 0 aliphatic carbocycles. The third kappa shape index (κ3) is 4.20. The second kappa shape index (κ2) is 8.17. The van der Waals surface area contributed by atoms with Gasteiger partial charge >= 0.3 is 0 Å². The average molecular weight is 395 g/mol. The van der Waals surface area contributed by atoms with E-state index in [1.807, 2.05) is 55.5 Å². The number of rotatable bonds is 4. The number of carbonyl (C=O) groups is 2. The minimum atomic E-state index is -0.213. The standard InChI is InChI=1S/C25H21N3O2/c1-16-6-5-7-18(14-16)24-15-22(21-8-3-4-9-23(21)28-24)25(30)27-20-12-10-19(11-13-20)26-17(2)29/h3-15H,1-2H3,(H,26,29)(H,27,30). The smallest absolute Gasteiger partial charge is 0.256 e. The molecule has 0 spiro atoms. The van der Waals surface area contributed by atoms with Crippen molar-refractivity contribution in [1.82, 2.24) is 4.98 Å². The molecule has 0 unspecified atom stereocenters. The molecule has 1 aromatic heterocycles. The summed E-state index contributed by atoms with van der Waals surface area (Å²) < 4.78 is 0. The van der Waals surface area contributed by atoms with Crippen molar-refractivity contribution in [1.29, 1.82) is 0 Å². The maximum Gasteiger partial charge on any atom is 0.256 e. The molecule has 30 heavy (non-hydrogen) atoms. The summed E-state index contributed by atoms with van der Waals surface area (Å²) in [6, 6.07) is 24.5. The SMILES string of the molecule is CC(=O)Nc1ccc(NC(=O)c2cc(-c3cccc(C)c3)nc3ccccc23)cc1. The Kier molecular flexibility index (Phi) is 5.26. The van der Waals surface area contributed by atoms with E-state index in [0.717, 1.165) is 27.7 Å². The summed E-state index contributed by atoms with van der Waals surface area (Å²) in [5.41, 5.74) is 5.50. The van der Waals surface area contributed by atoms with Crippen LogP contribution in [0, 0.1) is 6.92 Å². The molecule has 0 radical (unpaired) electrons. The van der Waals surface area contributed by atoms with Gasteiger partial charge in [-0.25, -0.2) is 4.98 Å². The Bertz CT molecular complexity index is 1250. The molecule has 148 valence electrons. The van der Waals surface area contributed by atoms with Crippen LogP contribution in [0.1, 0.15) is 22.8 Å². The van der Waals surface area contributed by atoms with Gasteiger partial charge in [-0.2, -0.15) is 0 Å². The summed E-state index contributed by atoms with van der Waals surface area (Å²) in [6.07, 6.45) is 0. The first kappa shape index (κ1) is 19.3. The average Bonchev–Trinajstić information content (AvgIpc) is 2.74. The Labute approximate surface area is 174 Å². The lowest BCUT2D eigenvalue weighted by atomic mass is 10.0. The van der Waals surface area contributed by atoms with E-state index in [4.69, 9.17) is 4.98 Å². The van der Waals surface area contributed by atoms with Gasteiger partial charge in [0.1, 0.15) is 0 Å². The van der Waals surface area contributed by atoms with E-state index in [1.165, 1.54) is 6.92 Å². The molecule has 0 bridgehead atoms. The molecule has 5 heteroatoms. The quantitative estimate of drug-likeness (QED) is 0.485. The Morgan fingerprint density at radius 2 is 1.50 bits per heavy atom. The van der Waals surface area contributed by atoms with Crippen LogP contribution in [0.25, 0.3) is 22.2 Å². The maximum absolute atomic E-state index is 13.1. The summed E-state index contributed by atoms with van der Waals surface area (Å²) in [5.74, 6) is -0.353. The minimum absolute atomic E-state index is 0.140. The molecule has 2 N–H and O–H groups in total. The van der Waals surface area contributed by atoms with E-state index >= 15 is 0 Å². The van der Waals surface area contributed by atoms with Gasteiger partial charge in [-0.1, -0.05) is 42.0 Å². The van der Waals surface area contributed by atoms with Gasteiger partial charge in [0.05, 0.1) is 16.8 Å². The highest BCUT2D eigenvalue weighted by atomic mass is 16.2. The molecule has 5 nitrogen and oxygen atoms in total. The number of amides is 2. The van der Waals surface area contributed by atoms with E-state index < -0.39 is 0 Å². The topological polar surface area (TPSA) is 71.1 Å². The van der Waals surface area contributed by atoms with Crippen molar-refractivity contribution in [2.45, 2.75) is 13.8 Å². The number of pyridine rings is 1. The number of fused-ring (bicyclic) bond motifs is 1. The molecule has 4 aromatic rings. The van der Waals surface area contributed by atoms with Crippen LogP contribution in [0.15, 0.2) is 78.9 Å². The van der Waals surface area contributed by atoms with Crippen LogP contribution < -0.4 is 10.6 Å². The number of para-hydroxylation sites is 1. The van der Waals surface area contributed by atoms with Gasteiger partial charge in [-0.15, -0.1) is 0 Å². The maximum atomic E-state index is 13.1. The first-order chi connectivity index (χ1) is 14.5. The molecular weight excluding hydrogens is 374 g/mol. The number of aromatic nitrogens is 1. The monoisotopic (exact) mass is 395 g/mol. The highest BCUT2D eigenvalue weighted by Gasteiger charge is 2.14. The van der Waals surface area contributed by atoms with Crippen molar-refractivity contribution >= 4 is 34.1 Å². The highest BCUT2D eigenvalue weighted by molar-refractivity contribution is 6.13. The number of aryl methyl sites for hydroxylation is 1. The van der Waals surface area contributed by atoms with Crippen LogP contribution in [0.3, 0.4) is 0 Å². The van der Waals surface area contributed by atoms with Crippen LogP contribution in [0.2, 0.25) is 0 Å². The third-order valence-electron chi connectivity index (χ3n) is 4.74. The fourth-order valence-electron chi connectivity index (χ4n) is 3.35. The zero-order chi connectivity index (χ0) is 21.1. The Balaban J connectivity index is 1.70. The van der Waals surface area contributed by atoms with Crippen molar-refractivity contribution in [3.8, 4) is 11.3 Å². The van der Waals surface area contributed by atoms with Crippen LogP contribution in [-0.4, -0.2) is 16.8 Å². The van der Waals surface area contributed by atoms with E-state index in [0.29, 0.717) is 16.9 Å². The van der Waals surface area contributed by atoms with Crippen molar-refractivity contribution in [2.75, 3.05) is 10.6 Å². The Morgan fingerprint density at radius 3 is 2.20 bits per heavy atom. The second-order valence-corrected chi connectivity index (χ2v) is 7.15. The molecule has 0 saturated carbocycles. The number of carbonyl (C=O) groups excluding carboxylic acids is 2. The number of nitrogens with one attached hydrogen (secondary N) is 2. The summed E-state index contributed by atoms with van der Waals surface area (Å²) in [5, 5.41) is 6.45. The van der Waals surface area contributed by atoms with Crippen molar-refractivity contribution in [3.63, 3.8) is 0 Å². The Hall–Kier alpha value is -3.99. The fourth-order valence-corrected chi connectivity index (χ4v) is 3.35. The van der Waals surface area contributed by atoms with Gasteiger partial charge in [0.2, 0.25) is 5.91 Å². The molecular formula is C25H21N3O2. The first-order valence-corrected chi connectivity index (χ1v) is 9.65. The second-order valence-electron chi connectivity index (χ2n) is 7.15. The highest BCUT2D eigenvalue weighted by Crippen LogP contribution is 2.26. The fraction of sp³-hybridized carbons (Fsp3) is 0.0800. The van der Waals surface area contributed by atoms with Crippen LogP contribution >= 0.6 is 0 Å². The van der Waals surface area contributed by atoms with Gasteiger partial charge in [-0.05, 0) is 49.4 Å². The zero-order valence-electron chi connectivity index (χ0n) is 16.8. The first-order valence-electron chi connectivity index (χ1n) is 9.65. The van der Waals surface area contributed by atoms with Crippen LogP contribution in [0.4, 0.5) is 11.4 Å². The molecule has 0 fully saturated rings. The predicted octanol–water partition coefficient (Wildman–Crippen LogP) is 5.42. The van der Waals surface area contributed by atoms with E-state index in [1.54, 1.807) is 24.3 Å². The van der Waals surface area contributed by atoms with Crippen LogP contribution in [-0.2, 0) is 4.79 Å². The van der Waals surface area contributed by atoms with Crippen LogP contribution in [0.5, 0.6) is 0 Å². The van der Waals surface area contributed by atoms with Crippen molar-refractivity contribution in [2.24, 2.45) is 0 Å². The lowest BCUT2D eigenvalue weighted by Crippen LogP contribution is -2.13. The molecule has 2 amide bonds. The van der Waals surface area contributed by atoms with E-state index in [2.05, 4.69) is 16.7 Å². The van der Waals surface area contributed by atoms with Gasteiger partial charge in [-0.3, -0.25) is 9.59 Å². The predicted molar refractivity (Wildman–Crippen MR) is 121 cm³/mol. The summed E-state index contributed by atoms with van der Waals surface area (Å²) >= 11 is 0. The normalized spacial score (nSPS) is 10.6. The number of benzene rings is 3. The molecule has 0 aliphatic heterocycles. The molecule has 0 atom stereocenters. The largest absolute Gasteiger partial charge is 0.326 e. The van der Waals surface area contributed by atoms with Crippen molar-refractivity contribution in [3.05, 3.63) is 90.0 Å². The lowest BCUT2D eigenvalue weighted by Gasteiger charge is -2.11. The van der Waals surface area contributed by atoms with E-state index in [-0.39, 0.29) is 11.8 Å². The number of anilines is 2. The Morgan fingerprint density at radius 1 is 0.800 bits per heavy atom.